The van der Waals surface area contributed by atoms with E-state index < -0.39 is 0 Å². The highest BCUT2D eigenvalue weighted by atomic mass is 32.1. The number of hydrogen-bond donors (Lipinski definition) is 0. The Labute approximate surface area is 176 Å². The molecule has 7 heteroatoms. The van der Waals surface area contributed by atoms with E-state index in [1.807, 2.05) is 40.8 Å². The fourth-order valence-corrected chi connectivity index (χ4v) is 5.69. The minimum Gasteiger partial charge on any atom is -0.294 e. The van der Waals surface area contributed by atoms with Gasteiger partial charge in [0.2, 0.25) is 5.78 Å². The predicted octanol–water partition coefficient (Wildman–Crippen LogP) is 3.65. The standard InChI is InChI=1S/C23H19N5OS/c29-21-20-18-11-12-26(13-16-7-3-1-4-8-16)14-19(18)30-22(20)27-15-24-25-23(27)28(21)17-9-5-2-6-10-17/h1-10,15H,11-14H2. The SMILES string of the molecule is O=c1c2c3c(sc2n2cnnc2n1-c1ccccc1)CN(Cc1ccccc1)CC3. The summed E-state index contributed by atoms with van der Waals surface area (Å²) in [4.78, 5) is 18.3. The van der Waals surface area contributed by atoms with E-state index in [1.165, 1.54) is 16.0 Å². The van der Waals surface area contributed by atoms with Gasteiger partial charge in [-0.1, -0.05) is 48.5 Å². The molecule has 0 fully saturated rings. The summed E-state index contributed by atoms with van der Waals surface area (Å²) in [6.45, 7) is 2.72. The molecule has 1 aliphatic heterocycles. The van der Waals surface area contributed by atoms with Crippen LogP contribution in [0.5, 0.6) is 0 Å². The quantitative estimate of drug-likeness (QED) is 0.453. The minimum absolute atomic E-state index is 0.00860. The van der Waals surface area contributed by atoms with Gasteiger partial charge in [-0.3, -0.25) is 14.1 Å². The average Bonchev–Trinajstić information content (AvgIpc) is 3.40. The fourth-order valence-electron chi connectivity index (χ4n) is 4.35. The van der Waals surface area contributed by atoms with Crippen molar-refractivity contribution in [3.05, 3.63) is 93.3 Å². The first-order chi connectivity index (χ1) is 14.8. The fraction of sp³-hybridized carbons (Fsp3) is 0.174. The van der Waals surface area contributed by atoms with E-state index >= 15 is 0 Å². The van der Waals surface area contributed by atoms with Crippen LogP contribution >= 0.6 is 11.3 Å². The van der Waals surface area contributed by atoms with Crippen molar-refractivity contribution in [3.63, 3.8) is 0 Å². The zero-order chi connectivity index (χ0) is 20.1. The molecule has 0 spiro atoms. The van der Waals surface area contributed by atoms with Crippen LogP contribution in [0.1, 0.15) is 16.0 Å². The third-order valence-electron chi connectivity index (χ3n) is 5.75. The van der Waals surface area contributed by atoms with Crippen molar-refractivity contribution in [2.24, 2.45) is 0 Å². The first kappa shape index (κ1) is 17.6. The minimum atomic E-state index is -0.00860. The van der Waals surface area contributed by atoms with Gasteiger partial charge in [0.15, 0.2) is 0 Å². The molecule has 0 radical (unpaired) electrons. The molecule has 0 bridgehead atoms. The second-order valence-corrected chi connectivity index (χ2v) is 8.69. The van der Waals surface area contributed by atoms with Crippen LogP contribution in [-0.2, 0) is 19.5 Å². The largest absolute Gasteiger partial charge is 0.294 e. The lowest BCUT2D eigenvalue weighted by Crippen LogP contribution is -2.30. The summed E-state index contributed by atoms with van der Waals surface area (Å²) in [5, 5.41) is 9.17. The third kappa shape index (κ3) is 2.70. The summed E-state index contributed by atoms with van der Waals surface area (Å²) < 4.78 is 3.63. The molecule has 0 unspecified atom stereocenters. The summed E-state index contributed by atoms with van der Waals surface area (Å²) in [5.41, 5.74) is 3.30. The molecule has 30 heavy (non-hydrogen) atoms. The van der Waals surface area contributed by atoms with Gasteiger partial charge in [-0.25, -0.2) is 4.57 Å². The van der Waals surface area contributed by atoms with Crippen LogP contribution in [0.2, 0.25) is 0 Å². The highest BCUT2D eigenvalue weighted by molar-refractivity contribution is 7.18. The molecular formula is C23H19N5OS. The van der Waals surface area contributed by atoms with Crippen molar-refractivity contribution < 1.29 is 0 Å². The monoisotopic (exact) mass is 413 g/mol. The Morgan fingerprint density at radius 3 is 2.57 bits per heavy atom. The highest BCUT2D eigenvalue weighted by Gasteiger charge is 2.26. The van der Waals surface area contributed by atoms with Crippen LogP contribution in [0.15, 0.2) is 71.8 Å². The lowest BCUT2D eigenvalue weighted by molar-refractivity contribution is 0.249. The first-order valence-corrected chi connectivity index (χ1v) is 10.8. The van der Waals surface area contributed by atoms with Gasteiger partial charge in [-0.15, -0.1) is 21.5 Å². The van der Waals surface area contributed by atoms with Gasteiger partial charge in [0.1, 0.15) is 11.2 Å². The number of fused-ring (bicyclic) bond motifs is 5. The lowest BCUT2D eigenvalue weighted by Gasteiger charge is -2.26. The molecule has 0 amide bonds. The molecule has 6 rings (SSSR count). The average molecular weight is 414 g/mol. The number of rotatable bonds is 3. The molecule has 2 aromatic carbocycles. The van der Waals surface area contributed by atoms with Gasteiger partial charge in [0, 0.05) is 24.5 Å². The Morgan fingerprint density at radius 1 is 1.00 bits per heavy atom. The molecule has 0 N–H and O–H groups in total. The van der Waals surface area contributed by atoms with E-state index in [4.69, 9.17) is 0 Å². The van der Waals surface area contributed by atoms with E-state index in [-0.39, 0.29) is 5.56 Å². The lowest BCUT2D eigenvalue weighted by atomic mass is 10.0. The van der Waals surface area contributed by atoms with Crippen LogP contribution in [-0.4, -0.2) is 30.6 Å². The molecular weight excluding hydrogens is 394 g/mol. The molecule has 0 atom stereocenters. The maximum absolute atomic E-state index is 13.6. The molecule has 0 saturated heterocycles. The topological polar surface area (TPSA) is 55.4 Å². The van der Waals surface area contributed by atoms with Gasteiger partial charge in [-0.05, 0) is 29.7 Å². The summed E-state index contributed by atoms with van der Waals surface area (Å²) >= 11 is 1.69. The van der Waals surface area contributed by atoms with E-state index in [1.54, 1.807) is 22.2 Å². The number of hydrogen-bond acceptors (Lipinski definition) is 5. The third-order valence-corrected chi connectivity index (χ3v) is 6.96. The summed E-state index contributed by atoms with van der Waals surface area (Å²) in [6, 6.07) is 20.2. The van der Waals surface area contributed by atoms with Crippen molar-refractivity contribution in [2.75, 3.05) is 6.54 Å². The van der Waals surface area contributed by atoms with E-state index in [0.29, 0.717) is 5.78 Å². The molecule has 1 aliphatic rings. The molecule has 148 valence electrons. The molecule has 4 heterocycles. The van der Waals surface area contributed by atoms with Crippen molar-refractivity contribution in [1.29, 1.82) is 0 Å². The summed E-state index contributed by atoms with van der Waals surface area (Å²) in [5.74, 6) is 0.554. The number of para-hydroxylation sites is 1. The second kappa shape index (κ2) is 6.90. The van der Waals surface area contributed by atoms with Gasteiger partial charge in [0.05, 0.1) is 11.1 Å². The molecule has 0 saturated carbocycles. The van der Waals surface area contributed by atoms with Crippen molar-refractivity contribution in [1.82, 2.24) is 24.1 Å². The summed E-state index contributed by atoms with van der Waals surface area (Å²) in [6.07, 6.45) is 2.58. The van der Waals surface area contributed by atoms with Crippen LogP contribution in [0.3, 0.4) is 0 Å². The highest BCUT2D eigenvalue weighted by Crippen LogP contribution is 2.34. The number of benzene rings is 2. The Kier molecular flexibility index (Phi) is 4.04. The van der Waals surface area contributed by atoms with Crippen molar-refractivity contribution in [3.8, 4) is 5.69 Å². The van der Waals surface area contributed by atoms with Crippen molar-refractivity contribution >= 4 is 27.3 Å². The summed E-state index contributed by atoms with van der Waals surface area (Å²) in [7, 11) is 0. The Morgan fingerprint density at radius 2 is 1.77 bits per heavy atom. The maximum atomic E-state index is 13.6. The molecule has 6 nitrogen and oxygen atoms in total. The van der Waals surface area contributed by atoms with Gasteiger partial charge in [-0.2, -0.15) is 0 Å². The molecule has 5 aromatic rings. The normalized spacial score (nSPS) is 14.4. The van der Waals surface area contributed by atoms with Gasteiger partial charge < -0.3 is 0 Å². The number of nitrogens with zero attached hydrogens (tertiary/aromatic N) is 5. The number of thiophene rings is 1. The van der Waals surface area contributed by atoms with Gasteiger partial charge in [0.25, 0.3) is 5.56 Å². The second-order valence-electron chi connectivity index (χ2n) is 7.61. The first-order valence-electron chi connectivity index (χ1n) is 10.0. The Bertz CT molecular complexity index is 1420. The van der Waals surface area contributed by atoms with Crippen LogP contribution < -0.4 is 5.56 Å². The van der Waals surface area contributed by atoms with Crippen LogP contribution in [0, 0.1) is 0 Å². The van der Waals surface area contributed by atoms with E-state index in [9.17, 15) is 4.79 Å². The maximum Gasteiger partial charge on any atom is 0.268 e. The Balaban J connectivity index is 1.50. The number of aromatic nitrogens is 4. The van der Waals surface area contributed by atoms with Crippen molar-refractivity contribution in [2.45, 2.75) is 19.5 Å². The van der Waals surface area contributed by atoms with Crippen LogP contribution in [0.25, 0.3) is 21.7 Å². The zero-order valence-corrected chi connectivity index (χ0v) is 17.0. The Hall–Kier alpha value is -3.29. The predicted molar refractivity (Wildman–Crippen MR) is 118 cm³/mol. The zero-order valence-electron chi connectivity index (χ0n) is 16.2. The molecule has 3 aromatic heterocycles. The van der Waals surface area contributed by atoms with Crippen LogP contribution in [0.4, 0.5) is 0 Å². The van der Waals surface area contributed by atoms with Gasteiger partial charge >= 0.3 is 0 Å². The molecule has 0 aliphatic carbocycles. The van der Waals surface area contributed by atoms with E-state index in [0.717, 1.165) is 42.0 Å². The van der Waals surface area contributed by atoms with E-state index in [2.05, 4.69) is 39.4 Å². The smallest absolute Gasteiger partial charge is 0.268 e.